The Labute approximate surface area is 121 Å². The summed E-state index contributed by atoms with van der Waals surface area (Å²) >= 11 is 1.22. The van der Waals surface area contributed by atoms with Gasteiger partial charge in [-0.1, -0.05) is 23.9 Å². The number of aliphatic imine (C=N–C) groups is 1. The second kappa shape index (κ2) is 5.54. The van der Waals surface area contributed by atoms with Crippen molar-refractivity contribution in [1.82, 2.24) is 5.32 Å². The van der Waals surface area contributed by atoms with Crippen molar-refractivity contribution in [2.24, 2.45) is 4.99 Å². The molecule has 0 aliphatic carbocycles. The van der Waals surface area contributed by atoms with Crippen LogP contribution in [0.2, 0.25) is 0 Å². The molecule has 1 aliphatic heterocycles. The second-order valence-corrected chi connectivity index (χ2v) is 6.44. The molecule has 0 spiro atoms. The fourth-order valence-corrected chi connectivity index (χ4v) is 2.89. The molecule has 1 aliphatic rings. The Balaban J connectivity index is 2.16. The van der Waals surface area contributed by atoms with Crippen LogP contribution >= 0.6 is 11.8 Å². The van der Waals surface area contributed by atoms with E-state index in [-0.39, 0.29) is 17.8 Å². The summed E-state index contributed by atoms with van der Waals surface area (Å²) in [7, 11) is 0. The van der Waals surface area contributed by atoms with Gasteiger partial charge in [0.15, 0.2) is 5.17 Å². The Bertz CT molecular complexity index is 545. The smallest absolute Gasteiger partial charge is 0.245 e. The summed E-state index contributed by atoms with van der Waals surface area (Å²) in [6.07, 6.45) is -0.777. The number of amidine groups is 1. The maximum atomic E-state index is 12.9. The van der Waals surface area contributed by atoms with Gasteiger partial charge in [0.1, 0.15) is 10.6 Å². The van der Waals surface area contributed by atoms with Gasteiger partial charge in [0.25, 0.3) is 0 Å². The Hall–Kier alpha value is -1.40. The van der Waals surface area contributed by atoms with E-state index in [0.717, 1.165) is 5.56 Å². The van der Waals surface area contributed by atoms with Crippen molar-refractivity contribution in [1.29, 1.82) is 0 Å². The molecular weight excluding hydrogens is 279 g/mol. The minimum Gasteiger partial charge on any atom is -0.391 e. The van der Waals surface area contributed by atoms with Gasteiger partial charge in [-0.25, -0.2) is 4.39 Å². The molecule has 2 rings (SSSR count). The number of benzene rings is 1. The minimum absolute atomic E-state index is 0.199. The fourth-order valence-electron chi connectivity index (χ4n) is 1.82. The van der Waals surface area contributed by atoms with Crippen molar-refractivity contribution in [3.63, 3.8) is 0 Å². The molecule has 6 heteroatoms. The molecule has 1 aromatic rings. The van der Waals surface area contributed by atoms with Gasteiger partial charge in [-0.2, -0.15) is 0 Å². The van der Waals surface area contributed by atoms with E-state index in [2.05, 4.69) is 10.3 Å². The number of hydrogen-bond acceptors (Lipinski definition) is 4. The third-order valence-electron chi connectivity index (χ3n) is 3.44. The van der Waals surface area contributed by atoms with Crippen LogP contribution in [0.4, 0.5) is 4.39 Å². The highest BCUT2D eigenvalue weighted by Crippen LogP contribution is 2.35. The summed E-state index contributed by atoms with van der Waals surface area (Å²) in [4.78, 5) is 16.3. The first-order chi connectivity index (χ1) is 9.33. The number of hydrogen-bond donors (Lipinski definition) is 2. The summed E-state index contributed by atoms with van der Waals surface area (Å²) in [5, 5.41) is 12.9. The van der Waals surface area contributed by atoms with Crippen LogP contribution < -0.4 is 5.32 Å². The average molecular weight is 296 g/mol. The maximum Gasteiger partial charge on any atom is 0.245 e. The lowest BCUT2D eigenvalue weighted by atomic mass is 10.1. The number of thioether (sulfide) groups is 1. The lowest BCUT2D eigenvalue weighted by molar-refractivity contribution is -0.123. The Morgan fingerprint density at radius 2 is 1.95 bits per heavy atom. The van der Waals surface area contributed by atoms with E-state index in [1.54, 1.807) is 26.0 Å². The lowest BCUT2D eigenvalue weighted by Crippen LogP contribution is -2.42. The number of halogens is 1. The lowest BCUT2D eigenvalue weighted by Gasteiger charge is -2.21. The van der Waals surface area contributed by atoms with Crippen LogP contribution in [0.3, 0.4) is 0 Å². The van der Waals surface area contributed by atoms with Crippen molar-refractivity contribution in [3.05, 3.63) is 35.6 Å². The first-order valence-corrected chi connectivity index (χ1v) is 7.16. The van der Waals surface area contributed by atoms with Gasteiger partial charge >= 0.3 is 0 Å². The molecule has 1 fully saturated rings. The van der Waals surface area contributed by atoms with Gasteiger partial charge in [0.05, 0.1) is 12.1 Å². The summed E-state index contributed by atoms with van der Waals surface area (Å²) < 4.78 is 12.0. The molecule has 20 heavy (non-hydrogen) atoms. The predicted molar refractivity (Wildman–Crippen MR) is 78.1 cm³/mol. The Morgan fingerprint density at radius 3 is 2.45 bits per heavy atom. The average Bonchev–Trinajstić information content (AvgIpc) is 2.66. The number of carbonyl (C=O) groups excluding carboxylic acids is 1. The van der Waals surface area contributed by atoms with Crippen molar-refractivity contribution < 1.29 is 14.3 Å². The normalized spacial score (nSPS) is 27.4. The molecule has 0 saturated carbocycles. The van der Waals surface area contributed by atoms with E-state index in [4.69, 9.17) is 0 Å². The molecule has 1 saturated heterocycles. The molecular formula is C14H17FN2O2S. The largest absolute Gasteiger partial charge is 0.391 e. The number of aliphatic hydroxyl groups is 1. The number of amides is 1. The third kappa shape index (κ3) is 2.86. The van der Waals surface area contributed by atoms with Crippen LogP contribution in [0.15, 0.2) is 29.3 Å². The number of nitrogens with zero attached hydrogens (tertiary/aromatic N) is 1. The van der Waals surface area contributed by atoms with E-state index in [1.165, 1.54) is 23.9 Å². The standard InChI is InChI=1S/C14H17FN2O2S/c1-8(10-4-6-11(15)7-5-10)16-13-17-12(19)14(3,20-13)9(2)18/h4-9,18H,1-3H3,(H,16,17,19)/t8-,9?,14-/m0/s1. The molecule has 4 nitrogen and oxygen atoms in total. The van der Waals surface area contributed by atoms with Crippen LogP contribution in [-0.4, -0.2) is 27.0 Å². The first-order valence-electron chi connectivity index (χ1n) is 6.34. The van der Waals surface area contributed by atoms with Gasteiger partial charge < -0.3 is 10.4 Å². The molecule has 1 heterocycles. The van der Waals surface area contributed by atoms with E-state index < -0.39 is 10.9 Å². The van der Waals surface area contributed by atoms with Crippen LogP contribution in [0.1, 0.15) is 32.4 Å². The topological polar surface area (TPSA) is 61.7 Å². The van der Waals surface area contributed by atoms with Crippen LogP contribution in [0.5, 0.6) is 0 Å². The van der Waals surface area contributed by atoms with Gasteiger partial charge in [-0.3, -0.25) is 9.79 Å². The number of nitrogens with one attached hydrogen (secondary N) is 1. The van der Waals surface area contributed by atoms with Gasteiger partial charge in [-0.15, -0.1) is 0 Å². The third-order valence-corrected chi connectivity index (χ3v) is 4.79. The molecule has 108 valence electrons. The molecule has 0 radical (unpaired) electrons. The zero-order valence-electron chi connectivity index (χ0n) is 11.6. The summed E-state index contributed by atoms with van der Waals surface area (Å²) in [5.41, 5.74) is 0.861. The van der Waals surface area contributed by atoms with Crippen LogP contribution in [0, 0.1) is 5.82 Å². The monoisotopic (exact) mass is 296 g/mol. The van der Waals surface area contributed by atoms with E-state index >= 15 is 0 Å². The predicted octanol–water partition coefficient (Wildman–Crippen LogP) is 2.25. The molecule has 2 N–H and O–H groups in total. The zero-order valence-corrected chi connectivity index (χ0v) is 12.4. The molecule has 0 bridgehead atoms. The quantitative estimate of drug-likeness (QED) is 0.899. The molecule has 1 unspecified atom stereocenters. The molecule has 1 amide bonds. The number of carbonyl (C=O) groups is 1. The molecule has 0 aromatic heterocycles. The summed E-state index contributed by atoms with van der Waals surface area (Å²) in [6, 6.07) is 5.90. The Kier molecular flexibility index (Phi) is 4.15. The van der Waals surface area contributed by atoms with E-state index in [9.17, 15) is 14.3 Å². The number of rotatable bonds is 3. The highest BCUT2D eigenvalue weighted by Gasteiger charge is 2.46. The minimum atomic E-state index is -0.915. The van der Waals surface area contributed by atoms with Crippen molar-refractivity contribution in [3.8, 4) is 0 Å². The highest BCUT2D eigenvalue weighted by atomic mass is 32.2. The van der Waals surface area contributed by atoms with Crippen LogP contribution in [-0.2, 0) is 4.79 Å². The van der Waals surface area contributed by atoms with Gasteiger partial charge in [-0.05, 0) is 38.5 Å². The molecule has 3 atom stereocenters. The van der Waals surface area contributed by atoms with Crippen molar-refractivity contribution in [2.75, 3.05) is 0 Å². The number of aliphatic hydroxyl groups excluding tert-OH is 1. The highest BCUT2D eigenvalue weighted by molar-refractivity contribution is 8.16. The molecule has 1 aromatic carbocycles. The van der Waals surface area contributed by atoms with E-state index in [1.807, 2.05) is 6.92 Å². The maximum absolute atomic E-state index is 12.9. The second-order valence-electron chi connectivity index (χ2n) is 5.00. The summed E-state index contributed by atoms with van der Waals surface area (Å²) in [6.45, 7) is 5.13. The van der Waals surface area contributed by atoms with Gasteiger partial charge in [0.2, 0.25) is 5.91 Å². The van der Waals surface area contributed by atoms with Crippen molar-refractivity contribution >= 4 is 22.8 Å². The van der Waals surface area contributed by atoms with Crippen LogP contribution in [0.25, 0.3) is 0 Å². The fraction of sp³-hybridized carbons (Fsp3) is 0.429. The SMILES string of the molecule is CC(O)[C@]1(C)SC(=N[C@@H](C)c2ccc(F)cc2)NC1=O. The first kappa shape index (κ1) is 15.0. The Morgan fingerprint density at radius 1 is 1.35 bits per heavy atom. The summed E-state index contributed by atoms with van der Waals surface area (Å²) in [5.74, 6) is -0.540. The van der Waals surface area contributed by atoms with Crippen molar-refractivity contribution in [2.45, 2.75) is 37.7 Å². The van der Waals surface area contributed by atoms with Gasteiger partial charge in [0, 0.05) is 0 Å². The zero-order chi connectivity index (χ0) is 14.9. The van der Waals surface area contributed by atoms with E-state index in [0.29, 0.717) is 5.17 Å².